The van der Waals surface area contributed by atoms with Crippen molar-refractivity contribution in [1.29, 1.82) is 0 Å². The quantitative estimate of drug-likeness (QED) is 0.397. The van der Waals surface area contributed by atoms with Crippen LogP contribution in [0.25, 0.3) is 0 Å². The Bertz CT molecular complexity index is 1260. The van der Waals surface area contributed by atoms with Gasteiger partial charge in [-0.1, -0.05) is 67.9 Å². The van der Waals surface area contributed by atoms with Crippen molar-refractivity contribution in [2.75, 3.05) is 0 Å². The maximum Gasteiger partial charge on any atom is 0.206 e. The minimum atomic E-state index is -1.16. The van der Waals surface area contributed by atoms with Crippen molar-refractivity contribution in [3.05, 3.63) is 63.4 Å². The molecule has 4 atom stereocenters. The van der Waals surface area contributed by atoms with Gasteiger partial charge in [-0.25, -0.2) is 4.39 Å². The molecule has 1 spiro atoms. The predicted molar refractivity (Wildman–Crippen MR) is 151 cm³/mol. The molecule has 2 heterocycles. The van der Waals surface area contributed by atoms with E-state index in [4.69, 9.17) is 23.2 Å². The highest BCUT2D eigenvalue weighted by atomic mass is 35.5. The summed E-state index contributed by atoms with van der Waals surface area (Å²) in [5.74, 6) is -0.887. The number of benzene rings is 2. The normalized spacial score (nSPS) is 31.1. The Morgan fingerprint density at radius 3 is 2.53 bits per heavy atom. The highest BCUT2D eigenvalue weighted by Gasteiger charge is 2.65. The Balaban J connectivity index is 1.66. The lowest BCUT2D eigenvalue weighted by Crippen LogP contribution is -2.47. The van der Waals surface area contributed by atoms with Crippen LogP contribution in [0, 0.1) is 17.2 Å². The summed E-state index contributed by atoms with van der Waals surface area (Å²) >= 11 is 13.7. The van der Waals surface area contributed by atoms with E-state index >= 15 is 4.39 Å². The van der Waals surface area contributed by atoms with Gasteiger partial charge in [-0.2, -0.15) is 0 Å². The molecular weight excluding hydrogens is 544 g/mol. The number of carbonyl (C=O) groups excluding carboxylic acids is 2. The lowest BCUT2D eigenvalue weighted by Gasteiger charge is -2.38. The molecule has 0 radical (unpaired) electrons. The maximum absolute atomic E-state index is 15.0. The number of hydrogen-bond acceptors (Lipinski definition) is 5. The van der Waals surface area contributed by atoms with Gasteiger partial charge in [0.25, 0.3) is 0 Å². The molecule has 1 aliphatic carbocycles. The third kappa shape index (κ3) is 5.08. The Labute approximate surface area is 238 Å². The standard InChI is InChI=1S/C30H34Cl2FNO3S/c1-29(2,3)15-25-30(20-13-22(33)21(32)14-24(20)38-28(30)37)26(17-5-4-6-18(31)12-17)27(34-25)23(36)11-16-7-9-19(35)10-8-16/h4-6,12-14,16,19,25-27,34-35H,7-11,15H2,1-3H3/t16?,19?,25-,26+,27+,30+/m1/s1. The number of fused-ring (bicyclic) bond motifs is 2. The summed E-state index contributed by atoms with van der Waals surface area (Å²) in [4.78, 5) is 28.9. The van der Waals surface area contributed by atoms with Gasteiger partial charge in [0.2, 0.25) is 5.12 Å². The largest absolute Gasteiger partial charge is 0.393 e. The molecule has 0 unspecified atom stereocenters. The van der Waals surface area contributed by atoms with Gasteiger partial charge in [0.05, 0.1) is 22.6 Å². The zero-order valence-corrected chi connectivity index (χ0v) is 24.2. The number of halogens is 3. The highest BCUT2D eigenvalue weighted by Crippen LogP contribution is 2.60. The summed E-state index contributed by atoms with van der Waals surface area (Å²) in [5.41, 5.74) is 0.0554. The van der Waals surface area contributed by atoms with Crippen LogP contribution in [-0.2, 0) is 15.0 Å². The van der Waals surface area contributed by atoms with Gasteiger partial charge in [-0.05, 0) is 78.8 Å². The van der Waals surface area contributed by atoms with Crippen LogP contribution in [0.1, 0.15) is 76.3 Å². The first-order valence-corrected chi connectivity index (χ1v) is 14.9. The second kappa shape index (κ2) is 10.5. The van der Waals surface area contributed by atoms with Crippen molar-refractivity contribution in [2.24, 2.45) is 11.3 Å². The van der Waals surface area contributed by atoms with Gasteiger partial charge in [0.15, 0.2) is 5.78 Å². The van der Waals surface area contributed by atoms with Crippen molar-refractivity contribution in [3.8, 4) is 0 Å². The lowest BCUT2D eigenvalue weighted by molar-refractivity contribution is -0.122. The number of rotatable bonds is 5. The Kier molecular flexibility index (Phi) is 7.77. The maximum atomic E-state index is 15.0. The van der Waals surface area contributed by atoms with E-state index < -0.39 is 29.2 Å². The van der Waals surface area contributed by atoms with Gasteiger partial charge in [0.1, 0.15) is 5.82 Å². The number of hydrogen-bond donors (Lipinski definition) is 2. The summed E-state index contributed by atoms with van der Waals surface area (Å²) in [6, 6.07) is 9.26. The van der Waals surface area contributed by atoms with E-state index in [1.165, 1.54) is 12.1 Å². The van der Waals surface area contributed by atoms with Gasteiger partial charge in [0, 0.05) is 28.3 Å². The monoisotopic (exact) mass is 577 g/mol. The number of aliphatic hydroxyl groups excluding tert-OH is 1. The summed E-state index contributed by atoms with van der Waals surface area (Å²) in [6.45, 7) is 6.32. The molecule has 1 saturated carbocycles. The second-order valence-corrected chi connectivity index (χ2v) is 14.2. The van der Waals surface area contributed by atoms with E-state index in [-0.39, 0.29) is 33.4 Å². The van der Waals surface area contributed by atoms with E-state index in [9.17, 15) is 14.7 Å². The molecule has 204 valence electrons. The van der Waals surface area contributed by atoms with Gasteiger partial charge >= 0.3 is 0 Å². The second-order valence-electron chi connectivity index (χ2n) is 12.4. The van der Waals surface area contributed by atoms with Crippen LogP contribution in [0.4, 0.5) is 4.39 Å². The zero-order chi connectivity index (χ0) is 27.4. The van der Waals surface area contributed by atoms with Crippen LogP contribution in [0.15, 0.2) is 41.3 Å². The highest BCUT2D eigenvalue weighted by molar-refractivity contribution is 8.14. The number of ketones is 1. The van der Waals surface area contributed by atoms with E-state index in [2.05, 4.69) is 26.1 Å². The van der Waals surface area contributed by atoms with Crippen molar-refractivity contribution in [2.45, 2.75) is 93.7 Å². The van der Waals surface area contributed by atoms with E-state index in [0.29, 0.717) is 41.2 Å². The summed E-state index contributed by atoms with van der Waals surface area (Å²) in [7, 11) is 0. The zero-order valence-electron chi connectivity index (χ0n) is 21.9. The lowest BCUT2D eigenvalue weighted by atomic mass is 9.62. The number of carbonyl (C=O) groups is 2. The molecule has 3 aliphatic rings. The smallest absolute Gasteiger partial charge is 0.206 e. The van der Waals surface area contributed by atoms with Crippen LogP contribution >= 0.6 is 35.0 Å². The summed E-state index contributed by atoms with van der Waals surface area (Å²) in [5, 5.41) is 14.0. The van der Waals surface area contributed by atoms with Crippen LogP contribution < -0.4 is 5.32 Å². The van der Waals surface area contributed by atoms with Crippen molar-refractivity contribution < 1.29 is 19.1 Å². The molecule has 2 N–H and O–H groups in total. The van der Waals surface area contributed by atoms with Gasteiger partial charge < -0.3 is 10.4 Å². The van der Waals surface area contributed by atoms with Crippen LogP contribution in [0.2, 0.25) is 10.0 Å². The number of nitrogens with one attached hydrogen (secondary N) is 1. The molecule has 2 aromatic carbocycles. The molecule has 0 aromatic heterocycles. The van der Waals surface area contributed by atoms with Crippen LogP contribution in [0.3, 0.4) is 0 Å². The SMILES string of the molecule is CC(C)(C)C[C@H]1N[C@@H](C(=O)CC2CCC(O)CC2)[C@H](c2cccc(Cl)c2)[C@@]12C(=O)Sc1cc(Cl)c(F)cc12. The molecule has 2 fully saturated rings. The van der Waals surface area contributed by atoms with E-state index in [1.807, 2.05) is 18.2 Å². The van der Waals surface area contributed by atoms with Crippen molar-refractivity contribution in [3.63, 3.8) is 0 Å². The molecule has 0 amide bonds. The Morgan fingerprint density at radius 1 is 1.16 bits per heavy atom. The molecule has 2 aromatic rings. The molecule has 38 heavy (non-hydrogen) atoms. The Morgan fingerprint density at radius 2 is 1.87 bits per heavy atom. The molecule has 2 aliphatic heterocycles. The topological polar surface area (TPSA) is 66.4 Å². The van der Waals surface area contributed by atoms with Crippen molar-refractivity contribution in [1.82, 2.24) is 5.32 Å². The molecule has 8 heteroatoms. The van der Waals surface area contributed by atoms with Crippen molar-refractivity contribution >= 4 is 45.9 Å². The minimum absolute atomic E-state index is 0.0224. The fourth-order valence-electron chi connectivity index (χ4n) is 6.81. The molecule has 1 saturated heterocycles. The third-order valence-corrected chi connectivity index (χ3v) is 10.0. The minimum Gasteiger partial charge on any atom is -0.393 e. The van der Waals surface area contributed by atoms with E-state index in [0.717, 1.165) is 30.2 Å². The average Bonchev–Trinajstić information content (AvgIpc) is 3.30. The predicted octanol–water partition coefficient (Wildman–Crippen LogP) is 7.07. The first-order chi connectivity index (χ1) is 17.9. The number of aliphatic hydroxyl groups is 1. The molecule has 0 bridgehead atoms. The first-order valence-electron chi connectivity index (χ1n) is 13.3. The molecular formula is C30H34Cl2FNO3S. The summed E-state index contributed by atoms with van der Waals surface area (Å²) in [6.07, 6.45) is 3.71. The third-order valence-electron chi connectivity index (χ3n) is 8.44. The molecule has 5 rings (SSSR count). The number of thioether (sulfide) groups is 1. The first kappa shape index (κ1) is 28.1. The van der Waals surface area contributed by atoms with Gasteiger partial charge in [-0.3, -0.25) is 9.59 Å². The summed E-state index contributed by atoms with van der Waals surface area (Å²) < 4.78 is 15.0. The Hall–Kier alpha value is -1.44. The fraction of sp³-hybridized carbons (Fsp3) is 0.533. The van der Waals surface area contributed by atoms with Gasteiger partial charge in [-0.15, -0.1) is 0 Å². The number of Topliss-reactive ketones (excluding diaryl/α,β-unsaturated/α-hetero) is 1. The molecule has 4 nitrogen and oxygen atoms in total. The average molecular weight is 579 g/mol. The van der Waals surface area contributed by atoms with Crippen LogP contribution in [0.5, 0.6) is 0 Å². The van der Waals surface area contributed by atoms with Crippen LogP contribution in [-0.4, -0.2) is 34.2 Å². The van der Waals surface area contributed by atoms with E-state index in [1.54, 1.807) is 6.07 Å². The fourth-order valence-corrected chi connectivity index (χ4v) is 8.50.